The minimum Gasteiger partial charge on any atom is -0.508 e. The molecule has 2 heterocycles. The molecule has 2 aromatic carbocycles. The number of nitrogen functional groups attached to an aromatic ring is 1. The second-order valence-corrected chi connectivity index (χ2v) is 9.68. The number of fused-ring (bicyclic) bond motifs is 1. The van der Waals surface area contributed by atoms with Gasteiger partial charge in [-0.15, -0.1) is 0 Å². The molecule has 180 valence electrons. The van der Waals surface area contributed by atoms with Gasteiger partial charge in [0, 0.05) is 35.8 Å². The van der Waals surface area contributed by atoms with Gasteiger partial charge in [-0.25, -0.2) is 0 Å². The minimum absolute atomic E-state index is 0.0229. The van der Waals surface area contributed by atoms with Crippen LogP contribution < -0.4 is 11.3 Å². The average molecular weight is 461 g/mol. The van der Waals surface area contributed by atoms with Crippen molar-refractivity contribution in [3.63, 3.8) is 0 Å². The van der Waals surface area contributed by atoms with Gasteiger partial charge >= 0.3 is 0 Å². The predicted molar refractivity (Wildman–Crippen MR) is 140 cm³/mol. The topological polar surface area (TPSA) is 95.3 Å². The SMILES string of the molecule is C[C@@H]1CCC[C@H](C)N1CCCCCn1c(=O)c(-c2cccc(C(=N)N)c2)cc2ccc(O)cc21. The molecule has 1 aromatic heterocycles. The maximum Gasteiger partial charge on any atom is 0.258 e. The van der Waals surface area contributed by atoms with Gasteiger partial charge < -0.3 is 15.4 Å². The quantitative estimate of drug-likeness (QED) is 0.248. The normalized spacial score (nSPS) is 18.9. The highest BCUT2D eigenvalue weighted by Gasteiger charge is 2.23. The Balaban J connectivity index is 1.56. The summed E-state index contributed by atoms with van der Waals surface area (Å²) < 4.78 is 1.79. The third-order valence-corrected chi connectivity index (χ3v) is 7.24. The largest absolute Gasteiger partial charge is 0.508 e. The molecule has 6 heteroatoms. The first-order valence-corrected chi connectivity index (χ1v) is 12.4. The van der Waals surface area contributed by atoms with Gasteiger partial charge in [0.2, 0.25) is 0 Å². The number of piperidine rings is 1. The zero-order chi connectivity index (χ0) is 24.2. The Morgan fingerprint density at radius 3 is 2.50 bits per heavy atom. The van der Waals surface area contributed by atoms with Crippen LogP contribution in [0.1, 0.15) is 57.9 Å². The fourth-order valence-electron chi connectivity index (χ4n) is 5.30. The number of phenolic OH excluding ortho intramolecular Hbond substituents is 1. The predicted octanol–water partition coefficient (Wildman–Crippen LogP) is 5.09. The molecule has 0 aliphatic carbocycles. The molecule has 4 rings (SSSR count). The second kappa shape index (κ2) is 10.4. The van der Waals surface area contributed by atoms with E-state index in [-0.39, 0.29) is 17.1 Å². The van der Waals surface area contributed by atoms with Gasteiger partial charge in [0.15, 0.2) is 0 Å². The average Bonchev–Trinajstić information content (AvgIpc) is 2.81. The van der Waals surface area contributed by atoms with Crippen LogP contribution in [0.25, 0.3) is 22.0 Å². The molecule has 1 aliphatic rings. The molecule has 0 spiro atoms. The molecular formula is C28H36N4O2. The molecule has 2 atom stereocenters. The van der Waals surface area contributed by atoms with Crippen LogP contribution in [0.3, 0.4) is 0 Å². The number of nitrogens with zero attached hydrogens (tertiary/aromatic N) is 2. The molecule has 1 saturated heterocycles. The Hall–Kier alpha value is -3.12. The molecule has 3 aromatic rings. The van der Waals surface area contributed by atoms with Crippen molar-refractivity contribution < 1.29 is 5.11 Å². The van der Waals surface area contributed by atoms with E-state index in [2.05, 4.69) is 18.7 Å². The number of nitrogens with two attached hydrogens (primary N) is 1. The van der Waals surface area contributed by atoms with Crippen LogP contribution in [-0.4, -0.2) is 39.0 Å². The number of phenols is 1. The standard InChI is InChI=1S/C28H36N4O2/c1-19-8-6-9-20(2)31(19)14-4-3-5-15-32-26-18-24(33)13-12-22(26)17-25(28(32)34)21-10-7-11-23(16-21)27(29)30/h7,10-13,16-20,33H,3-6,8-9,14-15H2,1-2H3,(H3,29,30)/t19-,20+. The maximum absolute atomic E-state index is 13.6. The van der Waals surface area contributed by atoms with Crippen molar-refractivity contribution in [2.45, 2.75) is 71.0 Å². The van der Waals surface area contributed by atoms with Crippen LogP contribution >= 0.6 is 0 Å². The molecule has 0 radical (unpaired) electrons. The number of hydrogen-bond donors (Lipinski definition) is 3. The van der Waals surface area contributed by atoms with E-state index >= 15 is 0 Å². The molecule has 6 nitrogen and oxygen atoms in total. The Kier molecular flexibility index (Phi) is 7.37. The van der Waals surface area contributed by atoms with Gasteiger partial charge in [0.1, 0.15) is 11.6 Å². The summed E-state index contributed by atoms with van der Waals surface area (Å²) in [5.41, 5.74) is 8.25. The van der Waals surface area contributed by atoms with Crippen LogP contribution in [0.5, 0.6) is 5.75 Å². The summed E-state index contributed by atoms with van der Waals surface area (Å²) in [6.45, 7) is 6.38. The van der Waals surface area contributed by atoms with E-state index in [9.17, 15) is 9.90 Å². The van der Waals surface area contributed by atoms with Crippen molar-refractivity contribution in [1.82, 2.24) is 9.47 Å². The molecule has 0 bridgehead atoms. The first-order chi connectivity index (χ1) is 16.3. The number of likely N-dealkylation sites (tertiary alicyclic amines) is 1. The molecule has 0 unspecified atom stereocenters. The minimum atomic E-state index is -0.0860. The number of benzene rings is 2. The van der Waals surface area contributed by atoms with E-state index in [1.54, 1.807) is 28.8 Å². The number of pyridine rings is 1. The summed E-state index contributed by atoms with van der Waals surface area (Å²) >= 11 is 0. The summed E-state index contributed by atoms with van der Waals surface area (Å²) in [7, 11) is 0. The number of aromatic hydroxyl groups is 1. The molecule has 4 N–H and O–H groups in total. The summed E-state index contributed by atoms with van der Waals surface area (Å²) in [5, 5.41) is 18.7. The fraction of sp³-hybridized carbons (Fsp3) is 0.429. The highest BCUT2D eigenvalue weighted by atomic mass is 16.3. The summed E-state index contributed by atoms with van der Waals surface area (Å²) in [4.78, 5) is 16.2. The Morgan fingerprint density at radius 1 is 1.03 bits per heavy atom. The lowest BCUT2D eigenvalue weighted by Crippen LogP contribution is -2.44. The summed E-state index contributed by atoms with van der Waals surface area (Å²) in [6.07, 6.45) is 6.96. The van der Waals surface area contributed by atoms with Crippen molar-refractivity contribution in [1.29, 1.82) is 5.41 Å². The summed E-state index contributed by atoms with van der Waals surface area (Å²) in [6, 6.07) is 15.6. The zero-order valence-corrected chi connectivity index (χ0v) is 20.3. The molecular weight excluding hydrogens is 424 g/mol. The summed E-state index contributed by atoms with van der Waals surface area (Å²) in [5.74, 6) is 0.130. The van der Waals surface area contributed by atoms with Gasteiger partial charge in [-0.2, -0.15) is 0 Å². The second-order valence-electron chi connectivity index (χ2n) is 9.68. The van der Waals surface area contributed by atoms with Crippen molar-refractivity contribution in [2.75, 3.05) is 6.54 Å². The number of aryl methyl sites for hydroxylation is 1. The first kappa shape index (κ1) is 24.0. The van der Waals surface area contributed by atoms with Gasteiger partial charge in [-0.1, -0.05) is 31.0 Å². The number of amidine groups is 1. The van der Waals surface area contributed by atoms with E-state index < -0.39 is 0 Å². The third kappa shape index (κ3) is 5.17. The van der Waals surface area contributed by atoms with E-state index in [4.69, 9.17) is 11.1 Å². The number of rotatable bonds is 8. The van der Waals surface area contributed by atoms with Crippen LogP contribution in [0.2, 0.25) is 0 Å². The van der Waals surface area contributed by atoms with Crippen LogP contribution in [0.15, 0.2) is 53.3 Å². The smallest absolute Gasteiger partial charge is 0.258 e. The van der Waals surface area contributed by atoms with Gasteiger partial charge in [0.25, 0.3) is 5.56 Å². The molecule has 0 saturated carbocycles. The van der Waals surface area contributed by atoms with Crippen molar-refractivity contribution in [2.24, 2.45) is 5.73 Å². The van der Waals surface area contributed by atoms with Gasteiger partial charge in [0.05, 0.1) is 5.52 Å². The Labute approximate surface area is 201 Å². The van der Waals surface area contributed by atoms with Gasteiger partial charge in [-0.05, 0) is 81.3 Å². The number of hydrogen-bond acceptors (Lipinski definition) is 4. The highest BCUT2D eigenvalue weighted by Crippen LogP contribution is 2.26. The van der Waals surface area contributed by atoms with Crippen LogP contribution in [0.4, 0.5) is 0 Å². The van der Waals surface area contributed by atoms with E-state index in [1.807, 2.05) is 24.3 Å². The molecule has 1 fully saturated rings. The Morgan fingerprint density at radius 2 is 1.76 bits per heavy atom. The lowest BCUT2D eigenvalue weighted by molar-refractivity contribution is 0.101. The molecule has 1 aliphatic heterocycles. The lowest BCUT2D eigenvalue weighted by Gasteiger charge is -2.39. The van der Waals surface area contributed by atoms with Crippen molar-refractivity contribution in [3.05, 3.63) is 64.4 Å². The number of unbranched alkanes of at least 4 members (excludes halogenated alkanes) is 2. The fourth-order valence-corrected chi connectivity index (χ4v) is 5.30. The van der Waals surface area contributed by atoms with E-state index in [0.29, 0.717) is 29.8 Å². The number of nitrogens with one attached hydrogen (secondary N) is 1. The monoisotopic (exact) mass is 460 g/mol. The maximum atomic E-state index is 13.6. The first-order valence-electron chi connectivity index (χ1n) is 12.4. The van der Waals surface area contributed by atoms with E-state index in [0.717, 1.165) is 42.3 Å². The molecule has 0 amide bonds. The molecule has 34 heavy (non-hydrogen) atoms. The Bertz CT molecular complexity index is 1220. The van der Waals surface area contributed by atoms with Crippen LogP contribution in [0, 0.1) is 5.41 Å². The van der Waals surface area contributed by atoms with Crippen molar-refractivity contribution >= 4 is 16.7 Å². The number of aromatic nitrogens is 1. The van der Waals surface area contributed by atoms with Crippen molar-refractivity contribution in [3.8, 4) is 16.9 Å². The van der Waals surface area contributed by atoms with Crippen LogP contribution in [-0.2, 0) is 6.54 Å². The van der Waals surface area contributed by atoms with E-state index in [1.165, 1.54) is 19.3 Å². The van der Waals surface area contributed by atoms with Gasteiger partial charge in [-0.3, -0.25) is 15.1 Å². The lowest BCUT2D eigenvalue weighted by atomic mass is 9.97. The highest BCUT2D eigenvalue weighted by molar-refractivity contribution is 5.96. The third-order valence-electron chi connectivity index (χ3n) is 7.24. The zero-order valence-electron chi connectivity index (χ0n) is 20.3.